The van der Waals surface area contributed by atoms with Crippen molar-refractivity contribution in [2.24, 2.45) is 5.41 Å². The summed E-state index contributed by atoms with van der Waals surface area (Å²) in [6.45, 7) is 3.49. The maximum absolute atomic E-state index is 12.9. The monoisotopic (exact) mass is 429 g/mol. The molecule has 2 aromatic rings. The molecule has 0 aromatic carbocycles. The van der Waals surface area contributed by atoms with E-state index in [9.17, 15) is 9.59 Å². The third kappa shape index (κ3) is 3.39. The number of ether oxygens (including phenoxy) is 2. The average molecular weight is 430 g/mol. The van der Waals surface area contributed by atoms with Crippen molar-refractivity contribution in [3.63, 3.8) is 0 Å². The van der Waals surface area contributed by atoms with Crippen LogP contribution in [0.1, 0.15) is 24.8 Å². The number of rotatable bonds is 3. The number of fused-ring (bicyclic) bond motifs is 1. The topological polar surface area (TPSA) is 106 Å². The van der Waals surface area contributed by atoms with Crippen LogP contribution in [-0.4, -0.2) is 66.8 Å². The molecule has 9 nitrogen and oxygen atoms in total. The van der Waals surface area contributed by atoms with Crippen molar-refractivity contribution in [2.45, 2.75) is 19.3 Å². The Hall–Kier alpha value is -2.72. The molecular formula is C20H23N5O4S. The standard InChI is InChI=1S/C20H23N5O4S/c1-28-17-15-16(13(10-22-17)12-8-14(26)21-9-12)30-18(23-15)24-19(27)25-5-2-20(11-25)3-6-29-7-4-20/h8,10H,2-7,9,11H2,1H3,(H,21,26)(H,23,24,27). The second-order valence-electron chi connectivity index (χ2n) is 7.98. The highest BCUT2D eigenvalue weighted by atomic mass is 32.1. The maximum atomic E-state index is 12.9. The van der Waals surface area contributed by atoms with Gasteiger partial charge in [-0.25, -0.2) is 14.8 Å². The minimum Gasteiger partial charge on any atom is -0.479 e. The third-order valence-corrected chi connectivity index (χ3v) is 7.18. The van der Waals surface area contributed by atoms with E-state index in [1.54, 1.807) is 12.3 Å². The number of aromatic nitrogens is 2. The SMILES string of the molecule is COc1ncc(C2=CC(=O)NC2)c2sc(NC(=O)N3CCC4(CCOCC4)C3)nc12. The minimum absolute atomic E-state index is 0.122. The summed E-state index contributed by atoms with van der Waals surface area (Å²) in [5.74, 6) is 0.272. The molecule has 5 heterocycles. The lowest BCUT2D eigenvalue weighted by molar-refractivity contribution is -0.115. The summed E-state index contributed by atoms with van der Waals surface area (Å²) < 4.78 is 11.7. The predicted molar refractivity (Wildman–Crippen MR) is 113 cm³/mol. The Morgan fingerprint density at radius 2 is 2.20 bits per heavy atom. The van der Waals surface area contributed by atoms with Crippen LogP contribution in [-0.2, 0) is 9.53 Å². The van der Waals surface area contributed by atoms with E-state index in [0.717, 1.165) is 61.4 Å². The van der Waals surface area contributed by atoms with Crippen LogP contribution in [0, 0.1) is 5.41 Å². The van der Waals surface area contributed by atoms with Crippen LogP contribution in [0.15, 0.2) is 12.3 Å². The van der Waals surface area contributed by atoms with Gasteiger partial charge < -0.3 is 19.7 Å². The Morgan fingerprint density at radius 1 is 1.37 bits per heavy atom. The van der Waals surface area contributed by atoms with Gasteiger partial charge in [0.1, 0.15) is 5.52 Å². The van der Waals surface area contributed by atoms with E-state index >= 15 is 0 Å². The van der Waals surface area contributed by atoms with Crippen LogP contribution in [0.25, 0.3) is 15.8 Å². The zero-order valence-corrected chi connectivity index (χ0v) is 17.5. The molecule has 158 valence electrons. The lowest BCUT2D eigenvalue weighted by atomic mass is 9.80. The van der Waals surface area contributed by atoms with Gasteiger partial charge in [0.05, 0.1) is 11.8 Å². The molecule has 3 amide bonds. The molecule has 3 aliphatic heterocycles. The molecule has 30 heavy (non-hydrogen) atoms. The zero-order chi connectivity index (χ0) is 20.7. The van der Waals surface area contributed by atoms with Crippen molar-refractivity contribution < 1.29 is 19.1 Å². The van der Waals surface area contributed by atoms with Gasteiger partial charge in [-0.3, -0.25) is 10.1 Å². The highest BCUT2D eigenvalue weighted by molar-refractivity contribution is 7.22. The van der Waals surface area contributed by atoms with E-state index in [1.165, 1.54) is 18.4 Å². The van der Waals surface area contributed by atoms with E-state index in [4.69, 9.17) is 9.47 Å². The van der Waals surface area contributed by atoms with Crippen molar-refractivity contribution in [1.29, 1.82) is 0 Å². The van der Waals surface area contributed by atoms with E-state index < -0.39 is 0 Å². The summed E-state index contributed by atoms with van der Waals surface area (Å²) in [7, 11) is 1.54. The Balaban J connectivity index is 1.39. The Kier molecular flexibility index (Phi) is 4.82. The quantitative estimate of drug-likeness (QED) is 0.775. The van der Waals surface area contributed by atoms with Crippen LogP contribution in [0.2, 0.25) is 0 Å². The summed E-state index contributed by atoms with van der Waals surface area (Å²) in [4.78, 5) is 35.3. The fourth-order valence-electron chi connectivity index (χ4n) is 4.43. The highest BCUT2D eigenvalue weighted by Gasteiger charge is 2.41. The number of carbonyl (C=O) groups excluding carboxylic acids is 2. The van der Waals surface area contributed by atoms with E-state index in [1.807, 2.05) is 4.90 Å². The molecule has 0 unspecified atom stereocenters. The minimum atomic E-state index is -0.136. The maximum Gasteiger partial charge on any atom is 0.323 e. The number of likely N-dealkylation sites (tertiary alicyclic amines) is 1. The molecule has 10 heteroatoms. The molecular weight excluding hydrogens is 406 g/mol. The number of nitrogens with one attached hydrogen (secondary N) is 2. The first kappa shape index (κ1) is 19.3. The van der Waals surface area contributed by atoms with E-state index in [0.29, 0.717) is 23.1 Å². The molecule has 2 saturated heterocycles. The zero-order valence-electron chi connectivity index (χ0n) is 16.7. The number of nitrogens with zero attached hydrogens (tertiary/aromatic N) is 3. The first-order valence-electron chi connectivity index (χ1n) is 10.0. The summed E-state index contributed by atoms with van der Waals surface area (Å²) >= 11 is 1.37. The van der Waals surface area contributed by atoms with Gasteiger partial charge in [0.25, 0.3) is 0 Å². The molecule has 1 spiro atoms. The molecule has 0 saturated carbocycles. The van der Waals surface area contributed by atoms with Crippen LogP contribution >= 0.6 is 11.3 Å². The number of pyridine rings is 1. The van der Waals surface area contributed by atoms with Gasteiger partial charge in [-0.1, -0.05) is 11.3 Å². The van der Waals surface area contributed by atoms with Gasteiger partial charge >= 0.3 is 6.03 Å². The molecule has 5 rings (SSSR count). The number of anilines is 1. The summed E-state index contributed by atoms with van der Waals surface area (Å²) in [6.07, 6.45) is 6.28. The van der Waals surface area contributed by atoms with E-state index in [-0.39, 0.29) is 17.4 Å². The number of urea groups is 1. The van der Waals surface area contributed by atoms with Crippen molar-refractivity contribution in [3.8, 4) is 5.88 Å². The normalized spacial score (nSPS) is 20.5. The number of amides is 3. The van der Waals surface area contributed by atoms with Gasteiger partial charge in [-0.15, -0.1) is 0 Å². The average Bonchev–Trinajstić information content (AvgIpc) is 3.47. The molecule has 2 aromatic heterocycles. The first-order chi connectivity index (χ1) is 14.6. The number of hydrogen-bond donors (Lipinski definition) is 2. The largest absolute Gasteiger partial charge is 0.479 e. The Bertz CT molecular complexity index is 1040. The van der Waals surface area contributed by atoms with Gasteiger partial charge in [0.2, 0.25) is 11.8 Å². The molecule has 0 aliphatic carbocycles. The molecule has 0 bridgehead atoms. The van der Waals surface area contributed by atoms with Crippen molar-refractivity contribution >= 4 is 44.2 Å². The lowest BCUT2D eigenvalue weighted by Gasteiger charge is -2.33. The summed E-state index contributed by atoms with van der Waals surface area (Å²) in [6, 6.07) is -0.136. The number of hydrogen-bond acceptors (Lipinski definition) is 7. The molecule has 3 aliphatic rings. The van der Waals surface area contributed by atoms with E-state index in [2.05, 4.69) is 20.6 Å². The molecule has 0 atom stereocenters. The van der Waals surface area contributed by atoms with Gasteiger partial charge in [0.15, 0.2) is 5.13 Å². The van der Waals surface area contributed by atoms with Crippen LogP contribution < -0.4 is 15.4 Å². The molecule has 2 N–H and O–H groups in total. The number of carbonyl (C=O) groups is 2. The smallest absolute Gasteiger partial charge is 0.323 e. The Labute approximate surface area is 177 Å². The fourth-order valence-corrected chi connectivity index (χ4v) is 5.42. The van der Waals surface area contributed by atoms with Crippen LogP contribution in [0.3, 0.4) is 0 Å². The third-order valence-electron chi connectivity index (χ3n) is 6.18. The first-order valence-corrected chi connectivity index (χ1v) is 10.8. The summed E-state index contributed by atoms with van der Waals surface area (Å²) in [5.41, 5.74) is 2.45. The molecule has 2 fully saturated rings. The number of methoxy groups -OCH3 is 1. The highest BCUT2D eigenvalue weighted by Crippen LogP contribution is 2.40. The van der Waals surface area contributed by atoms with Crippen molar-refractivity contribution in [3.05, 3.63) is 17.8 Å². The Morgan fingerprint density at radius 3 is 2.93 bits per heavy atom. The number of thiazole rings is 1. The van der Waals surface area contributed by atoms with Gasteiger partial charge in [0, 0.05) is 50.7 Å². The predicted octanol–water partition coefficient (Wildman–Crippen LogP) is 2.25. The summed E-state index contributed by atoms with van der Waals surface area (Å²) in [5, 5.41) is 6.22. The van der Waals surface area contributed by atoms with Crippen LogP contribution in [0.5, 0.6) is 5.88 Å². The van der Waals surface area contributed by atoms with Crippen molar-refractivity contribution in [2.75, 3.05) is 45.3 Å². The van der Waals surface area contributed by atoms with Crippen molar-refractivity contribution in [1.82, 2.24) is 20.2 Å². The van der Waals surface area contributed by atoms with Crippen LogP contribution in [0.4, 0.5) is 9.93 Å². The lowest BCUT2D eigenvalue weighted by Crippen LogP contribution is -2.37. The second kappa shape index (κ2) is 7.51. The fraction of sp³-hybridized carbons (Fsp3) is 0.500. The van der Waals surface area contributed by atoms with Gasteiger partial charge in [-0.05, 0) is 30.3 Å². The van der Waals surface area contributed by atoms with Gasteiger partial charge in [-0.2, -0.15) is 0 Å². The second-order valence-corrected chi connectivity index (χ2v) is 8.98. The molecule has 0 radical (unpaired) electrons.